The molecule has 1 atom stereocenters. The molecule has 0 aromatic rings. The lowest BCUT2D eigenvalue weighted by Gasteiger charge is -2.16. The normalized spacial score (nSPS) is 27.7. The maximum atomic E-state index is 11.2. The van der Waals surface area contributed by atoms with E-state index in [2.05, 4.69) is 6.92 Å². The van der Waals surface area contributed by atoms with Crippen LogP contribution in [0.25, 0.3) is 0 Å². The molecule has 1 saturated carbocycles. The first-order valence-corrected chi connectivity index (χ1v) is 4.84. The summed E-state index contributed by atoms with van der Waals surface area (Å²) >= 11 is 0. The highest BCUT2D eigenvalue weighted by Crippen LogP contribution is 2.22. The Kier molecular flexibility index (Phi) is 3.61. The van der Waals surface area contributed by atoms with E-state index < -0.39 is 0 Å². The molecular weight excluding hydrogens is 136 g/mol. The average molecular weight is 154 g/mol. The molecule has 0 amide bonds. The van der Waals surface area contributed by atoms with Gasteiger partial charge in [-0.2, -0.15) is 0 Å². The summed E-state index contributed by atoms with van der Waals surface area (Å²) in [5.41, 5.74) is 0. The average Bonchev–Trinajstić information content (AvgIpc) is 1.96. The van der Waals surface area contributed by atoms with Crippen LogP contribution in [0.3, 0.4) is 0 Å². The van der Waals surface area contributed by atoms with Gasteiger partial charge in [-0.25, -0.2) is 0 Å². The zero-order valence-corrected chi connectivity index (χ0v) is 7.44. The second-order valence-corrected chi connectivity index (χ2v) is 3.62. The SMILES string of the molecule is CCC1CCCCCC(=O)C1. The molecule has 1 fully saturated rings. The Labute approximate surface area is 69.2 Å². The molecule has 0 aromatic heterocycles. The highest BCUT2D eigenvalue weighted by molar-refractivity contribution is 5.78. The van der Waals surface area contributed by atoms with Crippen LogP contribution < -0.4 is 0 Å². The summed E-state index contributed by atoms with van der Waals surface area (Å²) in [6.45, 7) is 2.19. The van der Waals surface area contributed by atoms with E-state index in [1.165, 1.54) is 25.7 Å². The van der Waals surface area contributed by atoms with Gasteiger partial charge < -0.3 is 0 Å². The van der Waals surface area contributed by atoms with E-state index in [1.54, 1.807) is 0 Å². The van der Waals surface area contributed by atoms with E-state index in [0.29, 0.717) is 11.7 Å². The molecule has 0 heterocycles. The Bertz CT molecular complexity index is 129. The largest absolute Gasteiger partial charge is 0.300 e. The van der Waals surface area contributed by atoms with Crippen molar-refractivity contribution in [3.05, 3.63) is 0 Å². The van der Waals surface area contributed by atoms with Crippen molar-refractivity contribution < 1.29 is 4.79 Å². The van der Waals surface area contributed by atoms with Gasteiger partial charge in [0, 0.05) is 12.8 Å². The lowest BCUT2D eigenvalue weighted by molar-refractivity contribution is -0.120. The molecule has 11 heavy (non-hydrogen) atoms. The molecule has 1 nitrogen and oxygen atoms in total. The van der Waals surface area contributed by atoms with Crippen LogP contribution in [0.1, 0.15) is 51.9 Å². The fourth-order valence-electron chi connectivity index (χ4n) is 1.81. The van der Waals surface area contributed by atoms with Gasteiger partial charge in [0.1, 0.15) is 5.78 Å². The summed E-state index contributed by atoms with van der Waals surface area (Å²) in [5.74, 6) is 1.19. The molecular formula is C10H18O. The standard InChI is InChI=1S/C10H18O/c1-2-9-6-4-3-5-7-10(11)8-9/h9H,2-8H2,1H3. The Morgan fingerprint density at radius 2 is 2.18 bits per heavy atom. The minimum Gasteiger partial charge on any atom is -0.300 e. The summed E-state index contributed by atoms with van der Waals surface area (Å²) in [5, 5.41) is 0. The summed E-state index contributed by atoms with van der Waals surface area (Å²) in [4.78, 5) is 11.2. The molecule has 1 heteroatoms. The Morgan fingerprint density at radius 3 is 2.91 bits per heavy atom. The quantitative estimate of drug-likeness (QED) is 0.567. The molecule has 0 saturated heterocycles. The van der Waals surface area contributed by atoms with Crippen LogP contribution in [0.4, 0.5) is 0 Å². The molecule has 1 aliphatic rings. The van der Waals surface area contributed by atoms with Gasteiger partial charge in [0.2, 0.25) is 0 Å². The molecule has 0 aromatic carbocycles. The predicted octanol–water partition coefficient (Wildman–Crippen LogP) is 2.94. The van der Waals surface area contributed by atoms with E-state index in [-0.39, 0.29) is 0 Å². The number of Topliss-reactive ketones (excluding diaryl/α,β-unsaturated/α-hetero) is 1. The molecule has 0 N–H and O–H groups in total. The van der Waals surface area contributed by atoms with Crippen molar-refractivity contribution in [2.45, 2.75) is 51.9 Å². The molecule has 64 valence electrons. The molecule has 1 rings (SSSR count). The van der Waals surface area contributed by atoms with E-state index >= 15 is 0 Å². The first kappa shape index (κ1) is 8.76. The number of hydrogen-bond donors (Lipinski definition) is 0. The van der Waals surface area contributed by atoms with Crippen molar-refractivity contribution in [1.29, 1.82) is 0 Å². The number of rotatable bonds is 1. The molecule has 1 unspecified atom stereocenters. The van der Waals surface area contributed by atoms with E-state index in [1.807, 2.05) is 0 Å². The summed E-state index contributed by atoms with van der Waals surface area (Å²) in [6.07, 6.45) is 7.91. The zero-order valence-electron chi connectivity index (χ0n) is 7.44. The number of hydrogen-bond acceptors (Lipinski definition) is 1. The van der Waals surface area contributed by atoms with Gasteiger partial charge in [-0.1, -0.05) is 32.6 Å². The number of carbonyl (C=O) groups excluding carboxylic acids is 1. The molecule has 0 radical (unpaired) electrons. The third-order valence-electron chi connectivity index (χ3n) is 2.66. The first-order valence-electron chi connectivity index (χ1n) is 4.84. The second-order valence-electron chi connectivity index (χ2n) is 3.62. The van der Waals surface area contributed by atoms with Crippen molar-refractivity contribution in [2.75, 3.05) is 0 Å². The van der Waals surface area contributed by atoms with Crippen molar-refractivity contribution in [3.8, 4) is 0 Å². The molecule has 0 bridgehead atoms. The van der Waals surface area contributed by atoms with Gasteiger partial charge in [0.15, 0.2) is 0 Å². The Balaban J connectivity index is 2.35. The van der Waals surface area contributed by atoms with Crippen LogP contribution in [0.2, 0.25) is 0 Å². The summed E-state index contributed by atoms with van der Waals surface area (Å²) in [6, 6.07) is 0. The van der Waals surface area contributed by atoms with E-state index in [0.717, 1.165) is 19.3 Å². The van der Waals surface area contributed by atoms with Gasteiger partial charge in [-0.15, -0.1) is 0 Å². The van der Waals surface area contributed by atoms with Crippen molar-refractivity contribution in [3.63, 3.8) is 0 Å². The first-order chi connectivity index (χ1) is 5.33. The van der Waals surface area contributed by atoms with Crippen LogP contribution in [0.15, 0.2) is 0 Å². The van der Waals surface area contributed by atoms with Crippen LogP contribution in [0.5, 0.6) is 0 Å². The molecule has 0 spiro atoms. The smallest absolute Gasteiger partial charge is 0.133 e. The zero-order chi connectivity index (χ0) is 8.10. The highest BCUT2D eigenvalue weighted by Gasteiger charge is 2.14. The predicted molar refractivity (Wildman–Crippen MR) is 46.5 cm³/mol. The van der Waals surface area contributed by atoms with Crippen LogP contribution in [0, 0.1) is 5.92 Å². The summed E-state index contributed by atoms with van der Waals surface area (Å²) < 4.78 is 0. The van der Waals surface area contributed by atoms with Gasteiger partial charge in [-0.3, -0.25) is 4.79 Å². The lowest BCUT2D eigenvalue weighted by Crippen LogP contribution is -2.10. The van der Waals surface area contributed by atoms with Gasteiger partial charge in [0.05, 0.1) is 0 Å². The van der Waals surface area contributed by atoms with Gasteiger partial charge in [0.25, 0.3) is 0 Å². The Morgan fingerprint density at radius 1 is 1.36 bits per heavy atom. The minimum atomic E-state index is 0.497. The van der Waals surface area contributed by atoms with Crippen molar-refractivity contribution in [1.82, 2.24) is 0 Å². The van der Waals surface area contributed by atoms with Gasteiger partial charge in [-0.05, 0) is 12.3 Å². The molecule has 1 aliphatic carbocycles. The fraction of sp³-hybridized carbons (Fsp3) is 0.900. The topological polar surface area (TPSA) is 17.1 Å². The van der Waals surface area contributed by atoms with Crippen molar-refractivity contribution in [2.24, 2.45) is 5.92 Å². The van der Waals surface area contributed by atoms with Crippen LogP contribution in [-0.4, -0.2) is 5.78 Å². The van der Waals surface area contributed by atoms with Crippen LogP contribution >= 0.6 is 0 Å². The summed E-state index contributed by atoms with van der Waals surface area (Å²) in [7, 11) is 0. The number of ketones is 1. The van der Waals surface area contributed by atoms with E-state index in [9.17, 15) is 4.79 Å². The minimum absolute atomic E-state index is 0.497. The second kappa shape index (κ2) is 4.53. The van der Waals surface area contributed by atoms with Crippen LogP contribution in [-0.2, 0) is 4.79 Å². The maximum absolute atomic E-state index is 11.2. The highest BCUT2D eigenvalue weighted by atomic mass is 16.1. The van der Waals surface area contributed by atoms with Gasteiger partial charge >= 0.3 is 0 Å². The monoisotopic (exact) mass is 154 g/mol. The maximum Gasteiger partial charge on any atom is 0.133 e. The van der Waals surface area contributed by atoms with Crippen molar-refractivity contribution >= 4 is 5.78 Å². The Hall–Kier alpha value is -0.330. The number of carbonyl (C=O) groups is 1. The fourth-order valence-corrected chi connectivity index (χ4v) is 1.81. The third-order valence-corrected chi connectivity index (χ3v) is 2.66. The lowest BCUT2D eigenvalue weighted by atomic mass is 9.89. The molecule has 0 aliphatic heterocycles. The van der Waals surface area contributed by atoms with E-state index in [4.69, 9.17) is 0 Å². The third kappa shape index (κ3) is 3.04.